The fourth-order valence-electron chi connectivity index (χ4n) is 4.60. The minimum Gasteiger partial charge on any atom is -0.507 e. The molecule has 9 heteroatoms. The van der Waals surface area contributed by atoms with Gasteiger partial charge in [-0.2, -0.15) is 0 Å². The molecule has 0 bridgehead atoms. The van der Waals surface area contributed by atoms with Crippen molar-refractivity contribution in [1.82, 2.24) is 14.5 Å². The van der Waals surface area contributed by atoms with E-state index in [1.54, 1.807) is 35.6 Å². The van der Waals surface area contributed by atoms with E-state index in [0.29, 0.717) is 49.8 Å². The van der Waals surface area contributed by atoms with E-state index in [9.17, 15) is 14.7 Å². The Balaban J connectivity index is 1.53. The molecule has 0 spiro atoms. The summed E-state index contributed by atoms with van der Waals surface area (Å²) in [4.78, 5) is 34.0. The zero-order valence-corrected chi connectivity index (χ0v) is 20.3. The normalized spacial score (nSPS) is 18.5. The molecule has 9 nitrogen and oxygen atoms in total. The number of anilines is 1. The molecule has 1 fully saturated rings. The van der Waals surface area contributed by atoms with Crippen molar-refractivity contribution < 1.29 is 24.2 Å². The van der Waals surface area contributed by atoms with Gasteiger partial charge in [0.1, 0.15) is 19.0 Å². The standard InChI is InChI=1S/C27H28N4O5/c1-29(2)20-7-4-18(5-8-20)24-23(25(32)19-6-9-21-22(16-19)36-15-14-35-21)26(33)27(34)31(24)12-3-11-30-13-10-28-17-30/h4-10,13,16-17,24,32H,3,11-12,14-15H2,1-2H3/b25-23+. The predicted octanol–water partition coefficient (Wildman–Crippen LogP) is 3.23. The Morgan fingerprint density at radius 1 is 1.06 bits per heavy atom. The number of ketones is 1. The van der Waals surface area contributed by atoms with E-state index in [0.717, 1.165) is 11.3 Å². The Morgan fingerprint density at radius 3 is 2.50 bits per heavy atom. The summed E-state index contributed by atoms with van der Waals surface area (Å²) in [6.45, 7) is 1.85. The van der Waals surface area contributed by atoms with Crippen LogP contribution in [0.3, 0.4) is 0 Å². The first-order chi connectivity index (χ1) is 17.4. The topological polar surface area (TPSA) is 97.1 Å². The molecule has 2 aliphatic heterocycles. The zero-order chi connectivity index (χ0) is 25.2. The van der Waals surface area contributed by atoms with E-state index >= 15 is 0 Å². The number of aryl methyl sites for hydroxylation is 1. The quantitative estimate of drug-likeness (QED) is 0.310. The SMILES string of the molecule is CN(C)c1ccc(C2/C(=C(\O)c3ccc4c(c3)OCCO4)C(=O)C(=O)N2CCCn2ccnc2)cc1. The number of hydrogen-bond donors (Lipinski definition) is 1. The molecule has 5 rings (SSSR count). The van der Waals surface area contributed by atoms with Crippen molar-refractivity contribution in [2.75, 3.05) is 38.8 Å². The highest BCUT2D eigenvalue weighted by Gasteiger charge is 2.45. The molecule has 1 unspecified atom stereocenters. The first-order valence-electron chi connectivity index (χ1n) is 11.9. The molecule has 0 aliphatic carbocycles. The largest absolute Gasteiger partial charge is 0.507 e. The van der Waals surface area contributed by atoms with E-state index in [1.807, 2.05) is 54.0 Å². The number of aliphatic hydroxyl groups excluding tert-OH is 1. The Morgan fingerprint density at radius 2 is 1.81 bits per heavy atom. The van der Waals surface area contributed by atoms with Crippen molar-refractivity contribution in [2.45, 2.75) is 19.0 Å². The number of aromatic nitrogens is 2. The van der Waals surface area contributed by atoms with Crippen LogP contribution in [0, 0.1) is 0 Å². The number of aliphatic hydroxyl groups is 1. The molecule has 36 heavy (non-hydrogen) atoms. The maximum Gasteiger partial charge on any atom is 0.295 e. The molecule has 2 aromatic carbocycles. The molecule has 1 atom stereocenters. The fraction of sp³-hybridized carbons (Fsp3) is 0.296. The van der Waals surface area contributed by atoms with Crippen LogP contribution in [-0.2, 0) is 16.1 Å². The maximum absolute atomic E-state index is 13.3. The van der Waals surface area contributed by atoms with Gasteiger partial charge in [0, 0.05) is 50.8 Å². The predicted molar refractivity (Wildman–Crippen MR) is 134 cm³/mol. The number of carbonyl (C=O) groups excluding carboxylic acids is 2. The van der Waals surface area contributed by atoms with Crippen molar-refractivity contribution in [1.29, 1.82) is 0 Å². The van der Waals surface area contributed by atoms with Gasteiger partial charge in [-0.1, -0.05) is 12.1 Å². The number of ether oxygens (including phenoxy) is 2. The number of likely N-dealkylation sites (tertiary alicyclic amines) is 1. The van der Waals surface area contributed by atoms with Crippen molar-refractivity contribution in [2.24, 2.45) is 0 Å². The lowest BCUT2D eigenvalue weighted by Crippen LogP contribution is -2.31. The lowest BCUT2D eigenvalue weighted by molar-refractivity contribution is -0.139. The minimum atomic E-state index is -0.711. The lowest BCUT2D eigenvalue weighted by atomic mass is 9.95. The van der Waals surface area contributed by atoms with E-state index in [-0.39, 0.29) is 11.3 Å². The summed E-state index contributed by atoms with van der Waals surface area (Å²) in [5, 5.41) is 11.3. The third kappa shape index (κ3) is 4.39. The minimum absolute atomic E-state index is 0.0666. The van der Waals surface area contributed by atoms with Gasteiger partial charge >= 0.3 is 0 Å². The second kappa shape index (κ2) is 9.77. The maximum atomic E-state index is 13.3. The summed E-state index contributed by atoms with van der Waals surface area (Å²) in [6.07, 6.45) is 5.90. The van der Waals surface area contributed by atoms with Crippen LogP contribution in [0.4, 0.5) is 5.69 Å². The van der Waals surface area contributed by atoms with Crippen LogP contribution in [0.1, 0.15) is 23.6 Å². The summed E-state index contributed by atoms with van der Waals surface area (Å²) in [6, 6.07) is 12.0. The highest BCUT2D eigenvalue weighted by atomic mass is 16.6. The van der Waals surface area contributed by atoms with Crippen LogP contribution in [0.2, 0.25) is 0 Å². The highest BCUT2D eigenvalue weighted by Crippen LogP contribution is 2.41. The number of rotatable bonds is 7. The highest BCUT2D eigenvalue weighted by molar-refractivity contribution is 6.46. The van der Waals surface area contributed by atoms with Crippen molar-refractivity contribution in [3.63, 3.8) is 0 Å². The summed E-state index contributed by atoms with van der Waals surface area (Å²) >= 11 is 0. The number of hydrogen-bond acceptors (Lipinski definition) is 7. The van der Waals surface area contributed by atoms with Gasteiger partial charge in [0.2, 0.25) is 0 Å². The second-order valence-electron chi connectivity index (χ2n) is 8.99. The number of benzene rings is 2. The van der Waals surface area contributed by atoms with Crippen LogP contribution in [0.15, 0.2) is 66.8 Å². The van der Waals surface area contributed by atoms with Crippen LogP contribution >= 0.6 is 0 Å². The monoisotopic (exact) mass is 488 g/mol. The molecular formula is C27H28N4O5. The fourth-order valence-corrected chi connectivity index (χ4v) is 4.60. The third-order valence-electron chi connectivity index (χ3n) is 6.46. The smallest absolute Gasteiger partial charge is 0.295 e. The second-order valence-corrected chi connectivity index (χ2v) is 8.99. The molecule has 3 heterocycles. The van der Waals surface area contributed by atoms with Gasteiger partial charge < -0.3 is 28.9 Å². The molecule has 1 N–H and O–H groups in total. The number of Topliss-reactive ketones (excluding diaryl/α,β-unsaturated/α-hetero) is 1. The number of carbonyl (C=O) groups is 2. The van der Waals surface area contributed by atoms with E-state index in [4.69, 9.17) is 9.47 Å². The van der Waals surface area contributed by atoms with Gasteiger partial charge in [-0.05, 0) is 42.3 Å². The molecule has 1 aromatic heterocycles. The average Bonchev–Trinajstić information content (AvgIpc) is 3.50. The van der Waals surface area contributed by atoms with E-state index < -0.39 is 17.7 Å². The van der Waals surface area contributed by atoms with Crippen LogP contribution in [0.5, 0.6) is 11.5 Å². The van der Waals surface area contributed by atoms with Gasteiger partial charge in [-0.3, -0.25) is 9.59 Å². The number of amides is 1. The van der Waals surface area contributed by atoms with Gasteiger partial charge in [-0.15, -0.1) is 0 Å². The summed E-state index contributed by atoms with van der Waals surface area (Å²) in [5.74, 6) is -0.488. The summed E-state index contributed by atoms with van der Waals surface area (Å²) in [7, 11) is 3.89. The number of imidazole rings is 1. The molecule has 1 amide bonds. The van der Waals surface area contributed by atoms with Crippen LogP contribution in [-0.4, -0.2) is 65.1 Å². The van der Waals surface area contributed by atoms with E-state index in [1.165, 1.54) is 0 Å². The molecule has 0 radical (unpaired) electrons. The zero-order valence-electron chi connectivity index (χ0n) is 20.3. The third-order valence-corrected chi connectivity index (χ3v) is 6.46. The Labute approximate surface area is 209 Å². The van der Waals surface area contributed by atoms with E-state index in [2.05, 4.69) is 4.98 Å². The molecule has 1 saturated heterocycles. The summed E-state index contributed by atoms with van der Waals surface area (Å²) in [5.41, 5.74) is 2.20. The Hall–Kier alpha value is -4.27. The Bertz CT molecular complexity index is 1300. The van der Waals surface area contributed by atoms with Gasteiger partial charge in [-0.25, -0.2) is 4.98 Å². The lowest BCUT2D eigenvalue weighted by Gasteiger charge is -2.26. The van der Waals surface area contributed by atoms with Gasteiger partial charge in [0.15, 0.2) is 11.5 Å². The molecular weight excluding hydrogens is 460 g/mol. The summed E-state index contributed by atoms with van der Waals surface area (Å²) < 4.78 is 13.1. The molecule has 0 saturated carbocycles. The molecule has 2 aliphatic rings. The average molecular weight is 489 g/mol. The van der Waals surface area contributed by atoms with Crippen molar-refractivity contribution in [3.05, 3.63) is 77.9 Å². The first-order valence-corrected chi connectivity index (χ1v) is 11.9. The van der Waals surface area contributed by atoms with Crippen molar-refractivity contribution >= 4 is 23.1 Å². The van der Waals surface area contributed by atoms with Crippen LogP contribution < -0.4 is 14.4 Å². The molecule has 186 valence electrons. The number of fused-ring (bicyclic) bond motifs is 1. The molecule has 3 aromatic rings. The Kier molecular flexibility index (Phi) is 6.37. The van der Waals surface area contributed by atoms with Gasteiger partial charge in [0.25, 0.3) is 11.7 Å². The number of nitrogens with zero attached hydrogens (tertiary/aromatic N) is 4. The van der Waals surface area contributed by atoms with Crippen molar-refractivity contribution in [3.8, 4) is 11.5 Å². The van der Waals surface area contributed by atoms with Gasteiger partial charge in [0.05, 0.1) is 17.9 Å². The first kappa shape index (κ1) is 23.5. The van der Waals surface area contributed by atoms with Crippen LogP contribution in [0.25, 0.3) is 5.76 Å².